The first kappa shape index (κ1) is 17.5. The highest BCUT2D eigenvalue weighted by Gasteiger charge is 2.30. The minimum absolute atomic E-state index is 0.280. The molecule has 0 spiro atoms. The molecule has 0 amide bonds. The number of hydrogen-bond donors (Lipinski definition) is 1. The van der Waals surface area contributed by atoms with Gasteiger partial charge in [0.15, 0.2) is 0 Å². The molecule has 3 atom stereocenters. The Morgan fingerprint density at radius 1 is 1.38 bits per heavy atom. The largest absolute Gasteiger partial charge is 0.313 e. The maximum atomic E-state index is 13.6. The maximum absolute atomic E-state index is 13.6. The first-order chi connectivity index (χ1) is 10.1. The van der Waals surface area contributed by atoms with Crippen molar-refractivity contribution in [2.45, 2.75) is 43.2 Å². The van der Waals surface area contributed by atoms with Gasteiger partial charge in [0.1, 0.15) is 5.82 Å². The van der Waals surface area contributed by atoms with Crippen molar-refractivity contribution >= 4 is 35.1 Å². The maximum Gasteiger partial charge on any atom is 0.142 e. The van der Waals surface area contributed by atoms with Crippen molar-refractivity contribution in [2.75, 3.05) is 18.1 Å². The molecule has 1 aliphatic heterocycles. The van der Waals surface area contributed by atoms with E-state index in [1.165, 1.54) is 17.6 Å². The molecule has 21 heavy (non-hydrogen) atoms. The van der Waals surface area contributed by atoms with Gasteiger partial charge in [-0.3, -0.25) is 0 Å². The summed E-state index contributed by atoms with van der Waals surface area (Å²) in [5, 5.41) is 5.10. The second-order valence-corrected chi connectivity index (χ2v) is 8.54. The Kier molecular flexibility index (Phi) is 7.20. The molecular formula is C16H23ClFNS2. The highest BCUT2D eigenvalue weighted by molar-refractivity contribution is 8.07. The Hall–Kier alpha value is 0.1000. The number of benzene rings is 1. The van der Waals surface area contributed by atoms with Crippen LogP contribution >= 0.6 is 35.1 Å². The van der Waals surface area contributed by atoms with Crippen LogP contribution in [0.2, 0.25) is 5.02 Å². The van der Waals surface area contributed by atoms with Crippen molar-refractivity contribution in [1.82, 2.24) is 5.32 Å². The summed E-state index contributed by atoms with van der Waals surface area (Å²) in [6.07, 6.45) is 1.89. The fourth-order valence-corrected chi connectivity index (χ4v) is 5.83. The normalized spacial score (nSPS) is 24.0. The Morgan fingerprint density at radius 3 is 2.86 bits per heavy atom. The molecule has 1 aliphatic rings. The highest BCUT2D eigenvalue weighted by Crippen LogP contribution is 2.34. The molecule has 1 nitrogen and oxygen atoms in total. The average Bonchev–Trinajstić information content (AvgIpc) is 2.48. The van der Waals surface area contributed by atoms with Gasteiger partial charge in [0.05, 0.1) is 5.02 Å². The van der Waals surface area contributed by atoms with Gasteiger partial charge in [0, 0.05) is 28.0 Å². The predicted octanol–water partition coefficient (Wildman–Crippen LogP) is 4.63. The minimum atomic E-state index is -0.317. The van der Waals surface area contributed by atoms with E-state index in [1.807, 2.05) is 29.6 Å². The van der Waals surface area contributed by atoms with Crippen LogP contribution in [0.25, 0.3) is 0 Å². The second kappa shape index (κ2) is 8.66. The van der Waals surface area contributed by atoms with E-state index in [4.69, 9.17) is 11.6 Å². The summed E-state index contributed by atoms with van der Waals surface area (Å²) in [7, 11) is 0. The third-order valence-corrected chi connectivity index (χ3v) is 7.44. The van der Waals surface area contributed by atoms with Crippen molar-refractivity contribution in [3.05, 3.63) is 34.6 Å². The van der Waals surface area contributed by atoms with E-state index >= 15 is 0 Å². The number of thioether (sulfide) groups is 2. The first-order valence-electron chi connectivity index (χ1n) is 7.53. The predicted molar refractivity (Wildman–Crippen MR) is 95.4 cm³/mol. The summed E-state index contributed by atoms with van der Waals surface area (Å²) in [5.74, 6) is 2.10. The molecule has 0 aliphatic carbocycles. The van der Waals surface area contributed by atoms with E-state index in [1.54, 1.807) is 6.07 Å². The van der Waals surface area contributed by atoms with Gasteiger partial charge in [-0.05, 0) is 31.0 Å². The van der Waals surface area contributed by atoms with Crippen molar-refractivity contribution < 1.29 is 4.39 Å². The fourth-order valence-electron chi connectivity index (χ4n) is 2.67. The summed E-state index contributed by atoms with van der Waals surface area (Å²) >= 11 is 10.2. The number of nitrogens with one attached hydrogen (secondary N) is 1. The van der Waals surface area contributed by atoms with E-state index in [0.29, 0.717) is 16.5 Å². The Bertz CT molecular complexity index is 458. The van der Waals surface area contributed by atoms with E-state index < -0.39 is 0 Å². The number of rotatable bonds is 6. The van der Waals surface area contributed by atoms with E-state index in [0.717, 1.165) is 24.9 Å². The van der Waals surface area contributed by atoms with Gasteiger partial charge >= 0.3 is 0 Å². The molecule has 0 bridgehead atoms. The number of hydrogen-bond acceptors (Lipinski definition) is 3. The van der Waals surface area contributed by atoms with Crippen LogP contribution in [0.5, 0.6) is 0 Å². The van der Waals surface area contributed by atoms with Crippen molar-refractivity contribution in [2.24, 2.45) is 0 Å². The molecular weight excluding hydrogens is 325 g/mol. The van der Waals surface area contributed by atoms with Crippen LogP contribution in [0.4, 0.5) is 4.39 Å². The quantitative estimate of drug-likeness (QED) is 0.806. The lowest BCUT2D eigenvalue weighted by molar-refractivity contribution is 0.485. The summed E-state index contributed by atoms with van der Waals surface area (Å²) in [6.45, 7) is 5.47. The van der Waals surface area contributed by atoms with Crippen molar-refractivity contribution in [3.63, 3.8) is 0 Å². The molecule has 1 aromatic rings. The summed E-state index contributed by atoms with van der Waals surface area (Å²) in [5.41, 5.74) is 0.911. The number of halogens is 2. The van der Waals surface area contributed by atoms with Gasteiger partial charge in [0.25, 0.3) is 0 Å². The molecule has 0 aromatic heterocycles. The van der Waals surface area contributed by atoms with Gasteiger partial charge in [-0.25, -0.2) is 4.39 Å². The standard InChI is InChI=1S/C16H23ClFNS2/c1-3-7-19-14(16-11(2)20-8-9-21-16)10-12-5-4-6-13(18)15(12)17/h4-6,11,14,16,19H,3,7-10H2,1-2H3. The first-order valence-corrected chi connectivity index (χ1v) is 10.0. The molecule has 1 N–H and O–H groups in total. The summed E-state index contributed by atoms with van der Waals surface area (Å²) in [6, 6.07) is 5.46. The minimum Gasteiger partial charge on any atom is -0.313 e. The Balaban J connectivity index is 2.13. The fraction of sp³-hybridized carbons (Fsp3) is 0.625. The Labute approximate surface area is 140 Å². The SMILES string of the molecule is CCCNC(Cc1cccc(F)c1Cl)C1SCCSC1C. The van der Waals surface area contributed by atoms with E-state index in [-0.39, 0.29) is 10.8 Å². The zero-order valence-corrected chi connectivity index (χ0v) is 15.0. The molecule has 1 saturated heterocycles. The third kappa shape index (κ3) is 4.78. The van der Waals surface area contributed by atoms with Crippen LogP contribution in [0, 0.1) is 5.82 Å². The molecule has 1 aromatic carbocycles. The molecule has 2 rings (SSSR count). The topological polar surface area (TPSA) is 12.0 Å². The van der Waals surface area contributed by atoms with Crippen LogP contribution in [-0.4, -0.2) is 34.6 Å². The lowest BCUT2D eigenvalue weighted by Gasteiger charge is -2.35. The van der Waals surface area contributed by atoms with E-state index in [2.05, 4.69) is 19.2 Å². The van der Waals surface area contributed by atoms with Crippen LogP contribution in [-0.2, 0) is 6.42 Å². The summed E-state index contributed by atoms with van der Waals surface area (Å²) < 4.78 is 13.6. The molecule has 0 saturated carbocycles. The molecule has 1 heterocycles. The monoisotopic (exact) mass is 347 g/mol. The lowest BCUT2D eigenvalue weighted by atomic mass is 10.0. The van der Waals surface area contributed by atoms with Gasteiger partial charge in [-0.15, -0.1) is 0 Å². The highest BCUT2D eigenvalue weighted by atomic mass is 35.5. The van der Waals surface area contributed by atoms with Crippen LogP contribution in [0.3, 0.4) is 0 Å². The molecule has 1 fully saturated rings. The van der Waals surface area contributed by atoms with Crippen molar-refractivity contribution in [1.29, 1.82) is 0 Å². The zero-order valence-electron chi connectivity index (χ0n) is 12.6. The van der Waals surface area contributed by atoms with Gasteiger partial charge in [-0.2, -0.15) is 23.5 Å². The van der Waals surface area contributed by atoms with Crippen LogP contribution in [0.1, 0.15) is 25.8 Å². The summed E-state index contributed by atoms with van der Waals surface area (Å²) in [4.78, 5) is 0. The van der Waals surface area contributed by atoms with Gasteiger partial charge in [-0.1, -0.05) is 37.6 Å². The second-order valence-electron chi connectivity index (χ2n) is 5.39. The van der Waals surface area contributed by atoms with Crippen LogP contribution in [0.15, 0.2) is 18.2 Å². The van der Waals surface area contributed by atoms with Crippen LogP contribution < -0.4 is 5.32 Å². The molecule has 118 valence electrons. The molecule has 0 radical (unpaired) electrons. The average molecular weight is 348 g/mol. The van der Waals surface area contributed by atoms with Gasteiger partial charge < -0.3 is 5.32 Å². The van der Waals surface area contributed by atoms with E-state index in [9.17, 15) is 4.39 Å². The van der Waals surface area contributed by atoms with Crippen molar-refractivity contribution in [3.8, 4) is 0 Å². The lowest BCUT2D eigenvalue weighted by Crippen LogP contribution is -2.46. The Morgan fingerprint density at radius 2 is 2.14 bits per heavy atom. The molecule has 5 heteroatoms. The smallest absolute Gasteiger partial charge is 0.142 e. The molecule has 3 unspecified atom stereocenters. The zero-order chi connectivity index (χ0) is 15.2. The van der Waals surface area contributed by atoms with Gasteiger partial charge in [0.2, 0.25) is 0 Å². The third-order valence-electron chi connectivity index (χ3n) is 3.76.